The Morgan fingerprint density at radius 3 is 2.48 bits per heavy atom. The van der Waals surface area contributed by atoms with E-state index in [1.807, 2.05) is 0 Å². The van der Waals surface area contributed by atoms with Gasteiger partial charge in [-0.15, -0.1) is 18.3 Å². The Bertz CT molecular complexity index is 1040. The van der Waals surface area contributed by atoms with Crippen LogP contribution in [0.2, 0.25) is 0 Å². The molecule has 0 unspecified atom stereocenters. The number of carbonyl (C=O) groups excluding carboxylic acids is 1. The highest BCUT2D eigenvalue weighted by atomic mass is 19.4. The molecule has 0 atom stereocenters. The molecule has 12 heteroatoms. The van der Waals surface area contributed by atoms with E-state index >= 15 is 0 Å². The minimum atomic E-state index is -4.75. The minimum absolute atomic E-state index is 0.309. The van der Waals surface area contributed by atoms with Gasteiger partial charge < -0.3 is 10.1 Å². The van der Waals surface area contributed by atoms with Crippen molar-refractivity contribution in [3.8, 4) is 11.4 Å². The van der Waals surface area contributed by atoms with Gasteiger partial charge in [0.05, 0.1) is 5.69 Å². The van der Waals surface area contributed by atoms with Crippen molar-refractivity contribution in [2.24, 2.45) is 5.11 Å². The second-order valence-electron chi connectivity index (χ2n) is 5.61. The molecule has 0 bridgehead atoms. The largest absolute Gasteiger partial charge is 0.573 e. The zero-order chi connectivity index (χ0) is 20.9. The number of benzene rings is 2. The quantitative estimate of drug-likeness (QED) is 0.482. The summed E-state index contributed by atoms with van der Waals surface area (Å²) in [5, 5.41) is 10.3. The highest BCUT2D eigenvalue weighted by molar-refractivity contribution is 5.94. The van der Waals surface area contributed by atoms with Crippen LogP contribution in [0.4, 0.5) is 19.1 Å². The molecule has 148 valence electrons. The van der Waals surface area contributed by atoms with Gasteiger partial charge in [-0.25, -0.2) is 9.67 Å². The molecule has 0 fully saturated rings. The number of amides is 1. The summed E-state index contributed by atoms with van der Waals surface area (Å²) in [6.45, 7) is 0.372. The maximum absolute atomic E-state index is 12.2. The molecule has 0 spiro atoms. The molecule has 0 saturated carbocycles. The fourth-order valence-corrected chi connectivity index (χ4v) is 2.32. The number of ether oxygens (including phenoxy) is 1. The summed E-state index contributed by atoms with van der Waals surface area (Å²) >= 11 is 0. The topological polar surface area (TPSA) is 119 Å². The van der Waals surface area contributed by atoms with E-state index in [9.17, 15) is 18.0 Å². The van der Waals surface area contributed by atoms with Crippen molar-refractivity contribution in [1.82, 2.24) is 19.7 Å². The Hall–Kier alpha value is -4.05. The first kappa shape index (κ1) is 19.7. The van der Waals surface area contributed by atoms with Crippen LogP contribution in [0.25, 0.3) is 5.69 Å². The molecule has 1 heterocycles. The van der Waals surface area contributed by atoms with E-state index in [0.29, 0.717) is 23.7 Å². The molecule has 0 aliphatic carbocycles. The molecular formula is C17H13F3N7O2+. The van der Waals surface area contributed by atoms with Crippen LogP contribution in [0, 0.1) is 5.53 Å². The summed E-state index contributed by atoms with van der Waals surface area (Å²) in [5.74, 6) is -0.624. The van der Waals surface area contributed by atoms with E-state index < -0.39 is 12.3 Å². The van der Waals surface area contributed by atoms with Crippen molar-refractivity contribution in [2.75, 3.05) is 5.32 Å². The summed E-state index contributed by atoms with van der Waals surface area (Å²) in [5.41, 5.74) is 8.21. The lowest BCUT2D eigenvalue weighted by Crippen LogP contribution is -2.17. The Labute approximate surface area is 161 Å². The van der Waals surface area contributed by atoms with Crippen LogP contribution in [0.3, 0.4) is 0 Å². The fourth-order valence-electron chi connectivity index (χ4n) is 2.32. The van der Waals surface area contributed by atoms with Crippen LogP contribution in [0.5, 0.6) is 5.75 Å². The van der Waals surface area contributed by atoms with Crippen molar-refractivity contribution in [3.63, 3.8) is 0 Å². The molecule has 0 aliphatic heterocycles. The summed E-state index contributed by atoms with van der Waals surface area (Å²) < 4.78 is 41.8. The number of hydrogen-bond donors (Lipinski definition) is 2. The number of anilines is 1. The molecule has 1 aromatic heterocycles. The Morgan fingerprint density at radius 2 is 1.86 bits per heavy atom. The number of aromatic nitrogens is 3. The molecule has 0 saturated heterocycles. The first-order valence-corrected chi connectivity index (χ1v) is 8.06. The van der Waals surface area contributed by atoms with Crippen molar-refractivity contribution < 1.29 is 22.7 Å². The van der Waals surface area contributed by atoms with Crippen molar-refractivity contribution in [3.05, 3.63) is 66.0 Å². The zero-order valence-electron chi connectivity index (χ0n) is 14.6. The predicted molar refractivity (Wildman–Crippen MR) is 93.4 cm³/mol. The van der Waals surface area contributed by atoms with Crippen molar-refractivity contribution in [1.29, 1.82) is 5.53 Å². The van der Waals surface area contributed by atoms with Gasteiger partial charge in [-0.3, -0.25) is 4.79 Å². The molecule has 3 rings (SSSR count). The van der Waals surface area contributed by atoms with Gasteiger partial charge in [-0.05, 0) is 42.0 Å². The van der Waals surface area contributed by atoms with E-state index in [1.54, 1.807) is 24.3 Å². The van der Waals surface area contributed by atoms with E-state index in [2.05, 4.69) is 30.2 Å². The maximum atomic E-state index is 12.2. The molecular weight excluding hydrogens is 391 g/mol. The van der Waals surface area contributed by atoms with E-state index in [-0.39, 0.29) is 5.75 Å². The van der Waals surface area contributed by atoms with Gasteiger partial charge in [0.2, 0.25) is 16.0 Å². The Kier molecular flexibility index (Phi) is 5.65. The molecule has 0 radical (unpaired) electrons. The van der Waals surface area contributed by atoms with Gasteiger partial charge in [-0.1, -0.05) is 12.1 Å². The SMILES string of the molecule is N=[N+]=NC(=O)c1ccc(CNc2ncn(-c3ccc(OC(F)(F)F)cc3)n2)cc1. The van der Waals surface area contributed by atoms with Gasteiger partial charge in [0.25, 0.3) is 0 Å². The molecule has 29 heavy (non-hydrogen) atoms. The molecule has 2 aromatic carbocycles. The van der Waals surface area contributed by atoms with Crippen molar-refractivity contribution >= 4 is 11.9 Å². The smallest absolute Gasteiger partial charge is 0.406 e. The maximum Gasteiger partial charge on any atom is 0.573 e. The van der Waals surface area contributed by atoms with Crippen LogP contribution in [0.1, 0.15) is 15.9 Å². The molecule has 1 amide bonds. The zero-order valence-corrected chi connectivity index (χ0v) is 14.6. The summed E-state index contributed by atoms with van der Waals surface area (Å²) in [7, 11) is 0. The summed E-state index contributed by atoms with van der Waals surface area (Å²) in [4.78, 5) is 18.3. The average molecular weight is 404 g/mol. The van der Waals surface area contributed by atoms with Crippen molar-refractivity contribution in [2.45, 2.75) is 12.9 Å². The standard InChI is InChI=1S/C17H12F3N7O2/c18-17(19,20)29-14-7-5-13(6-8-14)27-10-23-16(25-27)22-9-11-1-3-12(4-2-11)15(28)24-26-21/h1-8,10H,9H2,(H-,21,24,28)/p+1. The van der Waals surface area contributed by atoms with Gasteiger partial charge in [0.15, 0.2) is 0 Å². The van der Waals surface area contributed by atoms with Gasteiger partial charge in [0, 0.05) is 12.1 Å². The number of nitrogens with one attached hydrogen (secondary N) is 2. The van der Waals surface area contributed by atoms with Gasteiger partial charge in [-0.2, -0.15) is 0 Å². The Morgan fingerprint density at radius 1 is 1.17 bits per heavy atom. The van der Waals surface area contributed by atoms with Gasteiger partial charge in [0.1, 0.15) is 17.6 Å². The third-order valence-corrected chi connectivity index (χ3v) is 3.62. The lowest BCUT2D eigenvalue weighted by atomic mass is 10.1. The van der Waals surface area contributed by atoms with Crippen LogP contribution in [0.15, 0.2) is 60.0 Å². The number of halogens is 3. The first-order chi connectivity index (χ1) is 13.8. The van der Waals surface area contributed by atoms with Crippen LogP contribution < -0.4 is 15.0 Å². The lowest BCUT2D eigenvalue weighted by molar-refractivity contribution is -0.274. The predicted octanol–water partition coefficient (Wildman–Crippen LogP) is 3.47. The average Bonchev–Trinajstić information content (AvgIpc) is 3.15. The molecule has 3 aromatic rings. The summed E-state index contributed by atoms with van der Waals surface area (Å²) in [6.07, 6.45) is -3.33. The highest BCUT2D eigenvalue weighted by Crippen LogP contribution is 2.23. The number of alkyl halides is 3. The number of hydrogen-bond acceptors (Lipinski definition) is 6. The van der Waals surface area contributed by atoms with Crippen LogP contribution >= 0.6 is 0 Å². The van der Waals surface area contributed by atoms with E-state index in [0.717, 1.165) is 5.56 Å². The number of rotatable bonds is 6. The second-order valence-corrected chi connectivity index (χ2v) is 5.61. The molecule has 9 nitrogen and oxygen atoms in total. The Balaban J connectivity index is 1.60. The van der Waals surface area contributed by atoms with Gasteiger partial charge >= 0.3 is 12.3 Å². The van der Waals surface area contributed by atoms with Crippen LogP contribution in [-0.4, -0.2) is 27.0 Å². The third-order valence-electron chi connectivity index (χ3n) is 3.62. The summed E-state index contributed by atoms with van der Waals surface area (Å²) in [6, 6.07) is 11.7. The first-order valence-electron chi connectivity index (χ1n) is 8.06. The molecule has 2 N–H and O–H groups in total. The second kappa shape index (κ2) is 8.31. The number of carbonyl (C=O) groups is 1. The molecule has 0 aliphatic rings. The number of nitrogens with zero attached hydrogens (tertiary/aromatic N) is 5. The lowest BCUT2D eigenvalue weighted by Gasteiger charge is -2.09. The van der Waals surface area contributed by atoms with E-state index in [4.69, 9.17) is 5.53 Å². The highest BCUT2D eigenvalue weighted by Gasteiger charge is 2.30. The van der Waals surface area contributed by atoms with Crippen LogP contribution in [-0.2, 0) is 6.54 Å². The third kappa shape index (κ3) is 5.47. The fraction of sp³-hybridized carbons (Fsp3) is 0.118. The normalized spacial score (nSPS) is 10.9. The minimum Gasteiger partial charge on any atom is -0.406 e. The monoisotopic (exact) mass is 404 g/mol. The van der Waals surface area contributed by atoms with E-state index in [1.165, 1.54) is 35.3 Å².